The molecule has 0 bridgehead atoms. The number of H-pyrrole nitrogens is 1. The van der Waals surface area contributed by atoms with Gasteiger partial charge in [0.05, 0.1) is 18.8 Å². The Bertz CT molecular complexity index is 479. The summed E-state index contributed by atoms with van der Waals surface area (Å²) in [5, 5.41) is 8.89. The number of imidazole rings is 1. The maximum atomic E-state index is 8.89. The largest absolute Gasteiger partial charge is 0.349 e. The summed E-state index contributed by atoms with van der Waals surface area (Å²) in [6.07, 6.45) is 5.63. The van der Waals surface area contributed by atoms with Crippen molar-refractivity contribution in [3.63, 3.8) is 0 Å². The zero-order valence-corrected chi connectivity index (χ0v) is 10.3. The zero-order valence-electron chi connectivity index (χ0n) is 10.3. The van der Waals surface area contributed by atoms with Crippen molar-refractivity contribution < 1.29 is 19.8 Å². The normalized spacial score (nSPS) is 31.0. The van der Waals surface area contributed by atoms with Crippen LogP contribution < -0.4 is 10.3 Å². The van der Waals surface area contributed by atoms with Gasteiger partial charge >= 0.3 is 11.5 Å². The molecule has 1 aliphatic heterocycles. The molecule has 1 aliphatic carbocycles. The van der Waals surface area contributed by atoms with Crippen LogP contribution in [0.2, 0.25) is 0 Å². The molecule has 3 rings (SSSR count). The molecule has 3 atom stereocenters. The highest BCUT2D eigenvalue weighted by Gasteiger charge is 2.37. The molecule has 2 heterocycles. The number of quaternary nitrogens is 1. The SMILES string of the molecule is N#Cc1[nH]c[n+](CC2CCC3OCOC3C2)c1[NH3+]. The molecule has 6 heteroatoms. The summed E-state index contributed by atoms with van der Waals surface area (Å²) in [5.74, 6) is 1.34. The minimum Gasteiger partial charge on any atom is -0.349 e. The van der Waals surface area contributed by atoms with Crippen LogP contribution >= 0.6 is 0 Å². The first-order valence-electron chi connectivity index (χ1n) is 6.34. The number of nitrogens with zero attached hydrogens (tertiary/aromatic N) is 2. The van der Waals surface area contributed by atoms with Gasteiger partial charge in [-0.2, -0.15) is 9.83 Å². The highest BCUT2D eigenvalue weighted by atomic mass is 16.7. The van der Waals surface area contributed by atoms with Crippen LogP contribution in [0.25, 0.3) is 0 Å². The lowest BCUT2D eigenvalue weighted by Crippen LogP contribution is -2.55. The maximum Gasteiger partial charge on any atom is 0.346 e. The van der Waals surface area contributed by atoms with Crippen molar-refractivity contribution in [3.8, 4) is 6.07 Å². The van der Waals surface area contributed by atoms with Gasteiger partial charge < -0.3 is 9.47 Å². The van der Waals surface area contributed by atoms with Gasteiger partial charge in [0.1, 0.15) is 6.79 Å². The number of nitrogens with one attached hydrogen (secondary N) is 1. The average molecular weight is 250 g/mol. The van der Waals surface area contributed by atoms with E-state index in [2.05, 4.69) is 16.8 Å². The molecule has 0 radical (unpaired) electrons. The Balaban J connectivity index is 1.66. The molecule has 96 valence electrons. The van der Waals surface area contributed by atoms with Gasteiger partial charge in [0.25, 0.3) is 0 Å². The van der Waals surface area contributed by atoms with E-state index < -0.39 is 0 Å². The topological polar surface area (TPSA) is 89.6 Å². The van der Waals surface area contributed by atoms with Crippen LogP contribution in [0.1, 0.15) is 25.0 Å². The van der Waals surface area contributed by atoms with Crippen LogP contribution in [0.3, 0.4) is 0 Å². The third kappa shape index (κ3) is 2.01. The van der Waals surface area contributed by atoms with E-state index in [1.807, 2.05) is 10.9 Å². The Morgan fingerprint density at radius 3 is 3.06 bits per heavy atom. The van der Waals surface area contributed by atoms with Gasteiger partial charge in [-0.3, -0.25) is 5.73 Å². The Morgan fingerprint density at radius 1 is 1.44 bits per heavy atom. The first-order valence-corrected chi connectivity index (χ1v) is 6.34. The van der Waals surface area contributed by atoms with Crippen molar-refractivity contribution in [2.45, 2.75) is 38.0 Å². The molecular formula is C12H18N4O2+2. The molecule has 2 fully saturated rings. The summed E-state index contributed by atoms with van der Waals surface area (Å²) in [5.41, 5.74) is 4.48. The first kappa shape index (κ1) is 11.7. The van der Waals surface area contributed by atoms with Crippen LogP contribution in [0.15, 0.2) is 6.33 Å². The van der Waals surface area contributed by atoms with Crippen molar-refractivity contribution in [1.29, 1.82) is 5.26 Å². The molecular weight excluding hydrogens is 232 g/mol. The highest BCUT2D eigenvalue weighted by molar-refractivity contribution is 5.30. The number of aromatic amines is 1. The maximum absolute atomic E-state index is 8.89. The van der Waals surface area contributed by atoms with Crippen molar-refractivity contribution in [2.75, 3.05) is 6.79 Å². The molecule has 1 aromatic rings. The van der Waals surface area contributed by atoms with Crippen molar-refractivity contribution >= 4 is 5.82 Å². The van der Waals surface area contributed by atoms with Gasteiger partial charge in [-0.1, -0.05) is 0 Å². The number of nitriles is 1. The lowest BCUT2D eigenvalue weighted by molar-refractivity contribution is -0.729. The van der Waals surface area contributed by atoms with E-state index >= 15 is 0 Å². The number of hydrogen-bond acceptors (Lipinski definition) is 3. The van der Waals surface area contributed by atoms with E-state index in [0.29, 0.717) is 24.5 Å². The molecule has 0 aromatic carbocycles. The number of rotatable bonds is 2. The van der Waals surface area contributed by atoms with E-state index in [0.717, 1.165) is 31.6 Å². The standard InChI is InChI=1S/C12H16N4O2/c13-4-9-12(14)16(6-15-9)5-8-1-2-10-11(3-8)18-7-17-10/h6,8,10-11H,1-3,5,7,14H2/p+2. The van der Waals surface area contributed by atoms with Crippen LogP contribution in [0, 0.1) is 17.2 Å². The Hall–Kier alpha value is -1.42. The van der Waals surface area contributed by atoms with E-state index in [1.54, 1.807) is 0 Å². The van der Waals surface area contributed by atoms with Crippen molar-refractivity contribution in [1.82, 2.24) is 4.98 Å². The highest BCUT2D eigenvalue weighted by Crippen LogP contribution is 2.32. The number of fused-ring (bicyclic) bond motifs is 1. The van der Waals surface area contributed by atoms with Crippen LogP contribution in [-0.2, 0) is 16.0 Å². The summed E-state index contributed by atoms with van der Waals surface area (Å²) in [4.78, 5) is 2.94. The van der Waals surface area contributed by atoms with E-state index in [9.17, 15) is 0 Å². The summed E-state index contributed by atoms with van der Waals surface area (Å²) >= 11 is 0. The van der Waals surface area contributed by atoms with Gasteiger partial charge in [-0.25, -0.2) is 4.98 Å². The fourth-order valence-electron chi connectivity index (χ4n) is 2.92. The van der Waals surface area contributed by atoms with Crippen molar-refractivity contribution in [2.24, 2.45) is 5.92 Å². The number of hydrogen-bond donors (Lipinski definition) is 2. The van der Waals surface area contributed by atoms with Crippen LogP contribution in [-0.4, -0.2) is 24.0 Å². The van der Waals surface area contributed by atoms with Crippen LogP contribution in [0.4, 0.5) is 5.82 Å². The van der Waals surface area contributed by atoms with Gasteiger partial charge in [0.15, 0.2) is 6.07 Å². The Labute approximate surface area is 105 Å². The summed E-state index contributed by atoms with van der Waals surface area (Å²) in [6.45, 7) is 1.34. The molecule has 3 unspecified atom stereocenters. The molecule has 18 heavy (non-hydrogen) atoms. The third-order valence-electron chi connectivity index (χ3n) is 3.97. The summed E-state index contributed by atoms with van der Waals surface area (Å²) in [6, 6.07) is 2.11. The molecule has 2 aliphatic rings. The fraction of sp³-hybridized carbons (Fsp3) is 0.667. The van der Waals surface area contributed by atoms with E-state index in [-0.39, 0.29) is 6.10 Å². The minimum atomic E-state index is 0.256. The van der Waals surface area contributed by atoms with Crippen molar-refractivity contribution in [3.05, 3.63) is 12.0 Å². The predicted molar refractivity (Wildman–Crippen MR) is 60.2 cm³/mol. The van der Waals surface area contributed by atoms with E-state index in [1.165, 1.54) is 0 Å². The fourth-order valence-corrected chi connectivity index (χ4v) is 2.92. The molecule has 1 saturated heterocycles. The van der Waals surface area contributed by atoms with E-state index in [4.69, 9.17) is 14.7 Å². The lowest BCUT2D eigenvalue weighted by Gasteiger charge is -2.28. The predicted octanol–water partition coefficient (Wildman–Crippen LogP) is -0.411. The Kier molecular flexibility index (Phi) is 3.04. The second kappa shape index (κ2) is 4.69. The minimum absolute atomic E-state index is 0.256. The van der Waals surface area contributed by atoms with Gasteiger partial charge in [-0.15, -0.1) is 0 Å². The smallest absolute Gasteiger partial charge is 0.346 e. The second-order valence-corrected chi connectivity index (χ2v) is 5.07. The average Bonchev–Trinajstić information content (AvgIpc) is 2.97. The monoisotopic (exact) mass is 250 g/mol. The zero-order chi connectivity index (χ0) is 12.5. The summed E-state index contributed by atoms with van der Waals surface area (Å²) in [7, 11) is 0. The number of ether oxygens (including phenoxy) is 2. The molecule has 1 saturated carbocycles. The first-order chi connectivity index (χ1) is 8.78. The second-order valence-electron chi connectivity index (χ2n) is 5.07. The molecule has 0 amide bonds. The van der Waals surface area contributed by atoms with Gasteiger partial charge in [-0.05, 0) is 25.2 Å². The van der Waals surface area contributed by atoms with Gasteiger partial charge in [0.2, 0.25) is 6.33 Å². The summed E-state index contributed by atoms with van der Waals surface area (Å²) < 4.78 is 13.1. The van der Waals surface area contributed by atoms with Crippen LogP contribution in [0.5, 0.6) is 0 Å². The third-order valence-corrected chi connectivity index (χ3v) is 3.97. The Morgan fingerprint density at radius 2 is 2.28 bits per heavy atom. The number of aromatic nitrogens is 2. The molecule has 0 spiro atoms. The van der Waals surface area contributed by atoms with Gasteiger partial charge in [0, 0.05) is 0 Å². The lowest BCUT2D eigenvalue weighted by atomic mass is 9.85. The molecule has 6 nitrogen and oxygen atoms in total. The molecule has 4 N–H and O–H groups in total. The quantitative estimate of drug-likeness (QED) is 0.699. The molecule has 1 aromatic heterocycles.